The molecule has 0 aliphatic heterocycles. The number of carboxylic acids is 1. The quantitative estimate of drug-likeness (QED) is 0.824. The van der Waals surface area contributed by atoms with Gasteiger partial charge < -0.3 is 25.1 Å². The monoisotopic (exact) mass is 289 g/mol. The molecule has 19 heavy (non-hydrogen) atoms. The summed E-state index contributed by atoms with van der Waals surface area (Å²) in [5.41, 5.74) is 5.75. The summed E-state index contributed by atoms with van der Waals surface area (Å²) in [5, 5.41) is 9.37. The second-order valence-electron chi connectivity index (χ2n) is 3.67. The summed E-state index contributed by atoms with van der Waals surface area (Å²) in [7, 11) is 4.27. The molecule has 0 aliphatic carbocycles. The summed E-state index contributed by atoms with van der Waals surface area (Å²) < 4.78 is 15.4. The van der Waals surface area contributed by atoms with Gasteiger partial charge in [0.1, 0.15) is 5.75 Å². The molecular weight excluding hydrogens is 274 g/mol. The van der Waals surface area contributed by atoms with E-state index >= 15 is 0 Å². The Balaban J connectivity index is 3.61. The Bertz CT molecular complexity index is 478. The number of carboxylic acid groups (broad SMARTS) is 1. The third-order valence-corrected chi connectivity index (χ3v) is 3.10. The van der Waals surface area contributed by atoms with Crippen LogP contribution < -0.4 is 19.9 Å². The Hall–Kier alpha value is -1.66. The number of methoxy groups -OCH3 is 3. The van der Waals surface area contributed by atoms with E-state index in [-0.39, 0.29) is 22.9 Å². The van der Waals surface area contributed by atoms with Gasteiger partial charge in [0.2, 0.25) is 0 Å². The van der Waals surface area contributed by atoms with Gasteiger partial charge in [0, 0.05) is 18.2 Å². The Morgan fingerprint density at radius 3 is 2.26 bits per heavy atom. The average molecular weight is 290 g/mol. The molecular formula is C12H16ClNO5. The summed E-state index contributed by atoms with van der Waals surface area (Å²) >= 11 is 6.16. The molecule has 6 nitrogen and oxygen atoms in total. The standard InChI is InChI=1S/C12H16ClNO5/c1-17-7-4-8(18-2)11(19-3)9(10(7)13)6(5-14)12(15)16/h4,6H,5,14H2,1-3H3,(H,15,16). The van der Waals surface area contributed by atoms with E-state index in [9.17, 15) is 9.90 Å². The lowest BCUT2D eigenvalue weighted by molar-refractivity contribution is -0.138. The molecule has 0 bridgehead atoms. The Morgan fingerprint density at radius 1 is 1.32 bits per heavy atom. The van der Waals surface area contributed by atoms with Crippen molar-refractivity contribution in [3.8, 4) is 17.2 Å². The predicted molar refractivity (Wildman–Crippen MR) is 70.5 cm³/mol. The molecule has 0 fully saturated rings. The van der Waals surface area contributed by atoms with Crippen molar-refractivity contribution in [2.24, 2.45) is 5.73 Å². The molecule has 1 aromatic carbocycles. The van der Waals surface area contributed by atoms with E-state index in [0.717, 1.165) is 0 Å². The SMILES string of the molecule is COc1cc(OC)c(OC)c(C(CN)C(=O)O)c1Cl. The Labute approximate surface area is 116 Å². The van der Waals surface area contributed by atoms with Gasteiger partial charge in [-0.2, -0.15) is 0 Å². The number of hydrogen-bond donors (Lipinski definition) is 2. The number of carbonyl (C=O) groups is 1. The first-order valence-electron chi connectivity index (χ1n) is 5.43. The van der Waals surface area contributed by atoms with Gasteiger partial charge in [0.05, 0.1) is 32.3 Å². The van der Waals surface area contributed by atoms with Crippen LogP contribution in [0.15, 0.2) is 6.07 Å². The van der Waals surface area contributed by atoms with Crippen molar-refractivity contribution >= 4 is 17.6 Å². The van der Waals surface area contributed by atoms with E-state index in [2.05, 4.69) is 0 Å². The van der Waals surface area contributed by atoms with Gasteiger partial charge in [-0.05, 0) is 0 Å². The van der Waals surface area contributed by atoms with Crippen LogP contribution in [0.1, 0.15) is 11.5 Å². The van der Waals surface area contributed by atoms with Gasteiger partial charge in [-0.3, -0.25) is 4.79 Å². The van der Waals surface area contributed by atoms with Crippen molar-refractivity contribution in [3.63, 3.8) is 0 Å². The van der Waals surface area contributed by atoms with Crippen LogP contribution in [0.5, 0.6) is 17.2 Å². The molecule has 3 N–H and O–H groups in total. The van der Waals surface area contributed by atoms with Crippen LogP contribution in [0, 0.1) is 0 Å². The minimum Gasteiger partial charge on any atom is -0.495 e. The molecule has 0 saturated heterocycles. The first-order valence-corrected chi connectivity index (χ1v) is 5.80. The Kier molecular flexibility index (Phi) is 5.26. The van der Waals surface area contributed by atoms with E-state index in [1.807, 2.05) is 0 Å². The number of benzene rings is 1. The second kappa shape index (κ2) is 6.49. The van der Waals surface area contributed by atoms with Crippen LogP contribution in [0.25, 0.3) is 0 Å². The summed E-state index contributed by atoms with van der Waals surface area (Å²) in [6.45, 7) is -0.123. The van der Waals surface area contributed by atoms with Gasteiger partial charge in [0.15, 0.2) is 11.5 Å². The maximum Gasteiger partial charge on any atom is 0.312 e. The zero-order valence-electron chi connectivity index (χ0n) is 10.9. The highest BCUT2D eigenvalue weighted by molar-refractivity contribution is 6.33. The highest BCUT2D eigenvalue weighted by Crippen LogP contribution is 2.45. The number of rotatable bonds is 6. The molecule has 0 spiro atoms. The average Bonchev–Trinajstić information content (AvgIpc) is 2.40. The van der Waals surface area contributed by atoms with Crippen LogP contribution in [0.2, 0.25) is 5.02 Å². The molecule has 0 aliphatic rings. The van der Waals surface area contributed by atoms with Gasteiger partial charge in [-0.15, -0.1) is 0 Å². The number of aliphatic carboxylic acids is 1. The lowest BCUT2D eigenvalue weighted by atomic mass is 9.97. The summed E-state index contributed by atoms with van der Waals surface area (Å²) in [4.78, 5) is 11.3. The fourth-order valence-electron chi connectivity index (χ4n) is 1.78. The first-order chi connectivity index (χ1) is 9.01. The summed E-state index contributed by atoms with van der Waals surface area (Å²) in [6, 6.07) is 1.53. The van der Waals surface area contributed by atoms with Gasteiger partial charge in [-0.25, -0.2) is 0 Å². The van der Waals surface area contributed by atoms with Crippen molar-refractivity contribution in [1.82, 2.24) is 0 Å². The molecule has 0 radical (unpaired) electrons. The number of nitrogens with two attached hydrogens (primary N) is 1. The Morgan fingerprint density at radius 2 is 1.89 bits per heavy atom. The van der Waals surface area contributed by atoms with Gasteiger partial charge in [0.25, 0.3) is 0 Å². The smallest absolute Gasteiger partial charge is 0.312 e. The van der Waals surface area contributed by atoms with Gasteiger partial charge in [-0.1, -0.05) is 11.6 Å². The molecule has 1 rings (SSSR count). The number of ether oxygens (including phenoxy) is 3. The molecule has 1 unspecified atom stereocenters. The van der Waals surface area contributed by atoms with E-state index in [1.165, 1.54) is 27.4 Å². The molecule has 7 heteroatoms. The second-order valence-corrected chi connectivity index (χ2v) is 4.05. The molecule has 0 heterocycles. The lowest BCUT2D eigenvalue weighted by Crippen LogP contribution is -2.22. The highest BCUT2D eigenvalue weighted by Gasteiger charge is 2.29. The highest BCUT2D eigenvalue weighted by atomic mass is 35.5. The molecule has 1 atom stereocenters. The van der Waals surface area contributed by atoms with Crippen LogP contribution in [0.3, 0.4) is 0 Å². The van der Waals surface area contributed by atoms with Crippen molar-refractivity contribution in [2.75, 3.05) is 27.9 Å². The minimum atomic E-state index is -1.10. The van der Waals surface area contributed by atoms with Gasteiger partial charge >= 0.3 is 5.97 Å². The maximum atomic E-state index is 11.3. The van der Waals surface area contributed by atoms with Crippen LogP contribution in [0.4, 0.5) is 0 Å². The van der Waals surface area contributed by atoms with Crippen molar-refractivity contribution in [1.29, 1.82) is 0 Å². The molecule has 0 amide bonds. The van der Waals surface area contributed by atoms with Crippen molar-refractivity contribution < 1.29 is 24.1 Å². The van der Waals surface area contributed by atoms with Crippen LogP contribution >= 0.6 is 11.6 Å². The van der Waals surface area contributed by atoms with E-state index < -0.39 is 11.9 Å². The minimum absolute atomic E-state index is 0.123. The third-order valence-electron chi connectivity index (χ3n) is 2.71. The predicted octanol–water partition coefficient (Wildman–Crippen LogP) is 1.49. The van der Waals surface area contributed by atoms with E-state index in [1.54, 1.807) is 0 Å². The largest absolute Gasteiger partial charge is 0.495 e. The summed E-state index contributed by atoms with van der Waals surface area (Å²) in [6.07, 6.45) is 0. The van der Waals surface area contributed by atoms with E-state index in [4.69, 9.17) is 31.5 Å². The lowest BCUT2D eigenvalue weighted by Gasteiger charge is -2.20. The van der Waals surface area contributed by atoms with Crippen LogP contribution in [-0.4, -0.2) is 38.9 Å². The fourth-order valence-corrected chi connectivity index (χ4v) is 2.13. The normalized spacial score (nSPS) is 11.8. The molecule has 0 saturated carbocycles. The fraction of sp³-hybridized carbons (Fsp3) is 0.417. The number of halogens is 1. The van der Waals surface area contributed by atoms with Crippen LogP contribution in [-0.2, 0) is 4.79 Å². The zero-order valence-corrected chi connectivity index (χ0v) is 11.7. The topological polar surface area (TPSA) is 91.0 Å². The number of hydrogen-bond acceptors (Lipinski definition) is 5. The molecule has 1 aromatic rings. The third kappa shape index (κ3) is 2.85. The maximum absolute atomic E-state index is 11.3. The van der Waals surface area contributed by atoms with Crippen molar-refractivity contribution in [3.05, 3.63) is 16.7 Å². The van der Waals surface area contributed by atoms with Crippen molar-refractivity contribution in [2.45, 2.75) is 5.92 Å². The molecule has 0 aromatic heterocycles. The summed E-state index contributed by atoms with van der Waals surface area (Å²) in [5.74, 6) is -1.23. The zero-order chi connectivity index (χ0) is 14.6. The first kappa shape index (κ1) is 15.4. The molecule has 106 valence electrons. The van der Waals surface area contributed by atoms with E-state index in [0.29, 0.717) is 11.5 Å².